The van der Waals surface area contributed by atoms with E-state index in [9.17, 15) is 0 Å². The molecule has 0 aromatic rings. The van der Waals surface area contributed by atoms with Crippen molar-refractivity contribution in [3.8, 4) is 0 Å². The molecule has 2 heteroatoms. The lowest BCUT2D eigenvalue weighted by Gasteiger charge is -2.41. The highest BCUT2D eigenvalue weighted by molar-refractivity contribution is 4.95. The van der Waals surface area contributed by atoms with Crippen molar-refractivity contribution < 1.29 is 0 Å². The molecule has 19 heavy (non-hydrogen) atoms. The molecule has 0 spiro atoms. The van der Waals surface area contributed by atoms with Crippen molar-refractivity contribution in [2.75, 3.05) is 19.6 Å². The second-order valence-electron chi connectivity index (χ2n) is 7.67. The molecule has 2 unspecified atom stereocenters. The van der Waals surface area contributed by atoms with E-state index in [1.54, 1.807) is 0 Å². The normalized spacial score (nSPS) is 29.4. The van der Waals surface area contributed by atoms with Crippen LogP contribution in [0.15, 0.2) is 0 Å². The Hall–Kier alpha value is -0.0800. The molecule has 1 aliphatic heterocycles. The van der Waals surface area contributed by atoms with Crippen LogP contribution >= 0.6 is 0 Å². The highest BCUT2D eigenvalue weighted by Crippen LogP contribution is 2.36. The average Bonchev–Trinajstić information content (AvgIpc) is 3.12. The summed E-state index contributed by atoms with van der Waals surface area (Å²) in [6.45, 7) is 13.2. The Balaban J connectivity index is 1.81. The van der Waals surface area contributed by atoms with Gasteiger partial charge in [0.2, 0.25) is 0 Å². The maximum absolute atomic E-state index is 3.81. The molecule has 1 saturated carbocycles. The molecule has 1 aliphatic carbocycles. The third-order valence-corrected chi connectivity index (χ3v) is 4.69. The van der Waals surface area contributed by atoms with Gasteiger partial charge in [0, 0.05) is 25.2 Å². The molecule has 0 aromatic heterocycles. The van der Waals surface area contributed by atoms with E-state index < -0.39 is 0 Å². The van der Waals surface area contributed by atoms with E-state index in [1.165, 1.54) is 51.7 Å². The van der Waals surface area contributed by atoms with Gasteiger partial charge < -0.3 is 5.32 Å². The van der Waals surface area contributed by atoms with Gasteiger partial charge in [-0.3, -0.25) is 4.90 Å². The molecule has 1 heterocycles. The molecule has 1 saturated heterocycles. The zero-order chi connectivity index (χ0) is 13.8. The predicted molar refractivity (Wildman–Crippen MR) is 83.4 cm³/mol. The molecular formula is C17H34N2. The molecular weight excluding hydrogens is 232 g/mol. The second kappa shape index (κ2) is 7.08. The summed E-state index contributed by atoms with van der Waals surface area (Å²) in [5, 5.41) is 3.81. The smallest absolute Gasteiger partial charge is 0.0249 e. The minimum atomic E-state index is 0.731. The van der Waals surface area contributed by atoms with Crippen LogP contribution in [0.3, 0.4) is 0 Å². The minimum absolute atomic E-state index is 0.731. The summed E-state index contributed by atoms with van der Waals surface area (Å²) in [4.78, 5) is 2.82. The molecule has 112 valence electrons. The largest absolute Gasteiger partial charge is 0.311 e. The van der Waals surface area contributed by atoms with Gasteiger partial charge in [-0.25, -0.2) is 0 Å². The predicted octanol–water partition coefficient (Wildman–Crippen LogP) is 3.52. The van der Waals surface area contributed by atoms with Gasteiger partial charge in [-0.15, -0.1) is 0 Å². The van der Waals surface area contributed by atoms with E-state index in [4.69, 9.17) is 0 Å². The van der Waals surface area contributed by atoms with E-state index >= 15 is 0 Å². The van der Waals surface area contributed by atoms with Crippen molar-refractivity contribution in [2.24, 2.45) is 17.8 Å². The number of nitrogens with one attached hydrogen (secondary N) is 1. The first-order valence-electron chi connectivity index (χ1n) is 8.53. The van der Waals surface area contributed by atoms with Gasteiger partial charge in [0.1, 0.15) is 0 Å². The quantitative estimate of drug-likeness (QED) is 0.758. The Morgan fingerprint density at radius 3 is 2.42 bits per heavy atom. The van der Waals surface area contributed by atoms with E-state index in [1.807, 2.05) is 0 Å². The Bertz CT molecular complexity index is 258. The van der Waals surface area contributed by atoms with E-state index in [0.29, 0.717) is 0 Å². The highest BCUT2D eigenvalue weighted by Gasteiger charge is 2.38. The summed E-state index contributed by atoms with van der Waals surface area (Å²) in [6, 6.07) is 1.57. The average molecular weight is 266 g/mol. The van der Waals surface area contributed by atoms with Crippen molar-refractivity contribution >= 4 is 0 Å². The van der Waals surface area contributed by atoms with Crippen molar-refractivity contribution in [1.82, 2.24) is 10.2 Å². The SMILES string of the molecule is CC(C)CCCN1CC(CC(C)C)NCC1C1CC1. The summed E-state index contributed by atoms with van der Waals surface area (Å²) in [7, 11) is 0. The molecule has 2 rings (SSSR count). The summed E-state index contributed by atoms with van der Waals surface area (Å²) >= 11 is 0. The van der Waals surface area contributed by atoms with Crippen LogP contribution in [0.1, 0.15) is 59.8 Å². The molecule has 2 fully saturated rings. The van der Waals surface area contributed by atoms with Gasteiger partial charge in [0.05, 0.1) is 0 Å². The number of rotatable bonds is 7. The molecule has 0 aromatic carbocycles. The lowest BCUT2D eigenvalue weighted by Crippen LogP contribution is -2.57. The van der Waals surface area contributed by atoms with Crippen LogP contribution in [0.5, 0.6) is 0 Å². The third kappa shape index (κ3) is 5.07. The fourth-order valence-electron chi connectivity index (χ4n) is 3.53. The van der Waals surface area contributed by atoms with E-state index in [0.717, 1.165) is 29.8 Å². The summed E-state index contributed by atoms with van der Waals surface area (Å²) < 4.78 is 0. The Kier molecular flexibility index (Phi) is 5.70. The van der Waals surface area contributed by atoms with Crippen LogP contribution in [0.25, 0.3) is 0 Å². The molecule has 0 bridgehead atoms. The first kappa shape index (κ1) is 15.3. The van der Waals surface area contributed by atoms with Crippen molar-refractivity contribution in [1.29, 1.82) is 0 Å². The lowest BCUT2D eigenvalue weighted by atomic mass is 9.97. The van der Waals surface area contributed by atoms with Crippen LogP contribution < -0.4 is 5.32 Å². The Labute approximate surface area is 120 Å². The number of nitrogens with zero attached hydrogens (tertiary/aromatic N) is 1. The van der Waals surface area contributed by atoms with Crippen LogP contribution in [0.2, 0.25) is 0 Å². The van der Waals surface area contributed by atoms with E-state index in [-0.39, 0.29) is 0 Å². The summed E-state index contributed by atoms with van der Waals surface area (Å²) in [5.74, 6) is 2.67. The number of piperazine rings is 1. The highest BCUT2D eigenvalue weighted by atomic mass is 15.2. The van der Waals surface area contributed by atoms with Gasteiger partial charge in [-0.05, 0) is 56.4 Å². The van der Waals surface area contributed by atoms with Crippen LogP contribution in [-0.2, 0) is 0 Å². The van der Waals surface area contributed by atoms with E-state index in [2.05, 4.69) is 37.9 Å². The monoisotopic (exact) mass is 266 g/mol. The van der Waals surface area contributed by atoms with Gasteiger partial charge in [0.15, 0.2) is 0 Å². The fraction of sp³-hybridized carbons (Fsp3) is 1.00. The molecule has 1 N–H and O–H groups in total. The molecule has 2 aliphatic rings. The fourth-order valence-corrected chi connectivity index (χ4v) is 3.53. The molecule has 0 radical (unpaired) electrons. The summed E-state index contributed by atoms with van der Waals surface area (Å²) in [6.07, 6.45) is 7.05. The van der Waals surface area contributed by atoms with Crippen molar-refractivity contribution in [2.45, 2.75) is 71.9 Å². The number of hydrogen-bond donors (Lipinski definition) is 1. The lowest BCUT2D eigenvalue weighted by molar-refractivity contribution is 0.104. The van der Waals surface area contributed by atoms with Gasteiger partial charge in [0.25, 0.3) is 0 Å². The van der Waals surface area contributed by atoms with Gasteiger partial charge in [-0.2, -0.15) is 0 Å². The molecule has 2 atom stereocenters. The zero-order valence-corrected chi connectivity index (χ0v) is 13.5. The first-order valence-corrected chi connectivity index (χ1v) is 8.53. The number of hydrogen-bond acceptors (Lipinski definition) is 2. The summed E-state index contributed by atoms with van der Waals surface area (Å²) in [5.41, 5.74) is 0. The topological polar surface area (TPSA) is 15.3 Å². The maximum atomic E-state index is 3.81. The zero-order valence-electron chi connectivity index (χ0n) is 13.5. The van der Waals surface area contributed by atoms with Crippen LogP contribution in [0.4, 0.5) is 0 Å². The van der Waals surface area contributed by atoms with Gasteiger partial charge in [-0.1, -0.05) is 27.7 Å². The molecule has 0 amide bonds. The maximum Gasteiger partial charge on any atom is 0.0249 e. The minimum Gasteiger partial charge on any atom is -0.311 e. The van der Waals surface area contributed by atoms with Crippen LogP contribution in [0, 0.1) is 17.8 Å². The Morgan fingerprint density at radius 2 is 1.84 bits per heavy atom. The standard InChI is InChI=1S/C17H34N2/c1-13(2)6-5-9-19-12-16(10-14(3)4)18-11-17(19)15-7-8-15/h13-18H,5-12H2,1-4H3. The third-order valence-electron chi connectivity index (χ3n) is 4.69. The van der Waals surface area contributed by atoms with Gasteiger partial charge >= 0.3 is 0 Å². The van der Waals surface area contributed by atoms with Crippen molar-refractivity contribution in [3.63, 3.8) is 0 Å². The Morgan fingerprint density at radius 1 is 1.11 bits per heavy atom. The molecule has 2 nitrogen and oxygen atoms in total. The first-order chi connectivity index (χ1) is 9.06. The second-order valence-corrected chi connectivity index (χ2v) is 7.67. The van der Waals surface area contributed by atoms with Crippen molar-refractivity contribution in [3.05, 3.63) is 0 Å². The van der Waals surface area contributed by atoms with Crippen LogP contribution in [-0.4, -0.2) is 36.6 Å².